The lowest BCUT2D eigenvalue weighted by Gasteiger charge is -2.38. The summed E-state index contributed by atoms with van der Waals surface area (Å²) in [5.74, 6) is 0. The van der Waals surface area contributed by atoms with E-state index in [1.54, 1.807) is 0 Å². The predicted octanol–water partition coefficient (Wildman–Crippen LogP) is 0.673. The minimum Gasteiger partial charge on any atom is -0.375 e. The van der Waals surface area contributed by atoms with Crippen molar-refractivity contribution < 1.29 is 4.74 Å². The van der Waals surface area contributed by atoms with Crippen molar-refractivity contribution in [3.63, 3.8) is 0 Å². The second kappa shape index (κ2) is 4.99. The van der Waals surface area contributed by atoms with E-state index in [-0.39, 0.29) is 6.04 Å². The fourth-order valence-electron chi connectivity index (χ4n) is 3.22. The van der Waals surface area contributed by atoms with E-state index >= 15 is 0 Å². The molecular formula is C13H22N4O. The van der Waals surface area contributed by atoms with Gasteiger partial charge in [0.1, 0.15) is 0 Å². The molecule has 0 spiro atoms. The highest BCUT2D eigenvalue weighted by Crippen LogP contribution is 2.30. The second-order valence-corrected chi connectivity index (χ2v) is 5.46. The van der Waals surface area contributed by atoms with E-state index in [9.17, 15) is 0 Å². The Balaban J connectivity index is 1.64. The molecule has 0 bridgehead atoms. The van der Waals surface area contributed by atoms with Crippen LogP contribution in [-0.4, -0.2) is 46.5 Å². The molecule has 2 fully saturated rings. The van der Waals surface area contributed by atoms with E-state index in [0.29, 0.717) is 12.1 Å². The Hall–Kier alpha value is -0.910. The van der Waals surface area contributed by atoms with Crippen LogP contribution < -0.4 is 5.73 Å². The molecule has 1 saturated heterocycles. The summed E-state index contributed by atoms with van der Waals surface area (Å²) in [6.07, 6.45) is 8.08. The van der Waals surface area contributed by atoms with Crippen LogP contribution in [-0.2, 0) is 11.8 Å². The van der Waals surface area contributed by atoms with Gasteiger partial charge in [-0.25, -0.2) is 0 Å². The zero-order valence-corrected chi connectivity index (χ0v) is 11.0. The number of ether oxygens (including phenoxy) is 1. The first-order chi connectivity index (χ1) is 8.74. The van der Waals surface area contributed by atoms with E-state index in [4.69, 9.17) is 10.5 Å². The van der Waals surface area contributed by atoms with Gasteiger partial charge in [0, 0.05) is 44.0 Å². The molecule has 0 radical (unpaired) electrons. The van der Waals surface area contributed by atoms with Gasteiger partial charge in [-0.2, -0.15) is 5.10 Å². The molecule has 18 heavy (non-hydrogen) atoms. The summed E-state index contributed by atoms with van der Waals surface area (Å²) in [6.45, 7) is 2.77. The highest BCUT2D eigenvalue weighted by molar-refractivity contribution is 5.10. The molecule has 1 aliphatic carbocycles. The van der Waals surface area contributed by atoms with E-state index < -0.39 is 0 Å². The normalized spacial score (nSPS) is 30.3. The Morgan fingerprint density at radius 3 is 3.22 bits per heavy atom. The number of rotatable bonds is 3. The molecular weight excluding hydrogens is 228 g/mol. The molecule has 5 heteroatoms. The van der Waals surface area contributed by atoms with Gasteiger partial charge >= 0.3 is 0 Å². The van der Waals surface area contributed by atoms with Gasteiger partial charge in [-0.15, -0.1) is 0 Å². The Bertz CT molecular complexity index is 405. The molecule has 1 aromatic rings. The molecule has 100 valence electrons. The van der Waals surface area contributed by atoms with E-state index in [0.717, 1.165) is 25.3 Å². The third-order valence-corrected chi connectivity index (χ3v) is 4.18. The summed E-state index contributed by atoms with van der Waals surface area (Å²) in [5, 5.41) is 4.19. The predicted molar refractivity (Wildman–Crippen MR) is 69.1 cm³/mol. The average Bonchev–Trinajstić information content (AvgIpc) is 2.97. The lowest BCUT2D eigenvalue weighted by Crippen LogP contribution is -2.50. The third kappa shape index (κ3) is 2.30. The Morgan fingerprint density at radius 1 is 1.56 bits per heavy atom. The summed E-state index contributed by atoms with van der Waals surface area (Å²) in [4.78, 5) is 2.51. The number of nitrogens with two attached hydrogens (primary N) is 1. The van der Waals surface area contributed by atoms with Gasteiger partial charge in [0.15, 0.2) is 0 Å². The van der Waals surface area contributed by atoms with Crippen molar-refractivity contribution in [1.29, 1.82) is 0 Å². The lowest BCUT2D eigenvalue weighted by atomic mass is 10.1. The summed E-state index contributed by atoms with van der Waals surface area (Å²) in [5.41, 5.74) is 7.41. The first-order valence-corrected chi connectivity index (χ1v) is 6.84. The van der Waals surface area contributed by atoms with Crippen molar-refractivity contribution in [2.45, 2.75) is 37.5 Å². The van der Waals surface area contributed by atoms with Crippen molar-refractivity contribution in [3.8, 4) is 0 Å². The van der Waals surface area contributed by atoms with Gasteiger partial charge in [-0.1, -0.05) is 0 Å². The number of aryl methyl sites for hydroxylation is 1. The molecule has 3 unspecified atom stereocenters. The maximum absolute atomic E-state index is 6.29. The Labute approximate surface area is 108 Å². The average molecular weight is 250 g/mol. The van der Waals surface area contributed by atoms with Crippen molar-refractivity contribution in [1.82, 2.24) is 14.7 Å². The van der Waals surface area contributed by atoms with Crippen LogP contribution >= 0.6 is 0 Å². The monoisotopic (exact) mass is 250 g/mol. The topological polar surface area (TPSA) is 56.3 Å². The maximum atomic E-state index is 6.29. The summed E-state index contributed by atoms with van der Waals surface area (Å²) >= 11 is 0. The minimum atomic E-state index is 0.0537. The number of fused-ring (bicyclic) bond motifs is 1. The highest BCUT2D eigenvalue weighted by Gasteiger charge is 2.36. The molecule has 2 heterocycles. The molecule has 0 amide bonds. The second-order valence-electron chi connectivity index (χ2n) is 5.46. The van der Waals surface area contributed by atoms with Crippen LogP contribution in [0.4, 0.5) is 0 Å². The van der Waals surface area contributed by atoms with Gasteiger partial charge in [-0.3, -0.25) is 9.58 Å². The van der Waals surface area contributed by atoms with E-state index in [1.165, 1.54) is 19.3 Å². The summed E-state index contributed by atoms with van der Waals surface area (Å²) in [6, 6.07) is 0.638. The Morgan fingerprint density at radius 2 is 2.44 bits per heavy atom. The van der Waals surface area contributed by atoms with Gasteiger partial charge in [0.05, 0.1) is 18.9 Å². The number of aromatic nitrogens is 2. The molecule has 2 N–H and O–H groups in total. The molecule has 1 aromatic heterocycles. The summed E-state index contributed by atoms with van der Waals surface area (Å²) in [7, 11) is 1.93. The van der Waals surface area contributed by atoms with Gasteiger partial charge < -0.3 is 10.5 Å². The minimum absolute atomic E-state index is 0.0537. The molecule has 1 saturated carbocycles. The maximum Gasteiger partial charge on any atom is 0.0730 e. The number of morpholine rings is 1. The van der Waals surface area contributed by atoms with E-state index in [2.05, 4.69) is 10.00 Å². The fourth-order valence-corrected chi connectivity index (χ4v) is 3.22. The third-order valence-electron chi connectivity index (χ3n) is 4.18. The fraction of sp³-hybridized carbons (Fsp3) is 0.769. The number of hydrogen-bond acceptors (Lipinski definition) is 4. The van der Waals surface area contributed by atoms with Crippen molar-refractivity contribution >= 4 is 0 Å². The van der Waals surface area contributed by atoms with Crippen molar-refractivity contribution in [3.05, 3.63) is 18.0 Å². The first-order valence-electron chi connectivity index (χ1n) is 6.84. The van der Waals surface area contributed by atoms with E-state index in [1.807, 2.05) is 24.1 Å². The molecule has 3 atom stereocenters. The van der Waals surface area contributed by atoms with Gasteiger partial charge in [-0.05, 0) is 19.3 Å². The van der Waals surface area contributed by atoms with Crippen LogP contribution in [0.2, 0.25) is 0 Å². The zero-order chi connectivity index (χ0) is 12.5. The largest absolute Gasteiger partial charge is 0.375 e. The zero-order valence-electron chi connectivity index (χ0n) is 11.0. The quantitative estimate of drug-likeness (QED) is 0.857. The summed E-state index contributed by atoms with van der Waals surface area (Å²) < 4.78 is 7.64. The Kier molecular flexibility index (Phi) is 3.37. The highest BCUT2D eigenvalue weighted by atomic mass is 16.5. The smallest absolute Gasteiger partial charge is 0.0730 e. The van der Waals surface area contributed by atoms with Crippen molar-refractivity contribution in [2.75, 3.05) is 19.7 Å². The SMILES string of the molecule is Cn1cc(C(N)CN2CCOC3CCCC32)cn1. The number of hydrogen-bond donors (Lipinski definition) is 1. The van der Waals surface area contributed by atoms with Gasteiger partial charge in [0.25, 0.3) is 0 Å². The van der Waals surface area contributed by atoms with Crippen LogP contribution in [0.3, 0.4) is 0 Å². The molecule has 1 aliphatic heterocycles. The molecule has 2 aliphatic rings. The molecule has 5 nitrogen and oxygen atoms in total. The van der Waals surface area contributed by atoms with Gasteiger partial charge in [0.2, 0.25) is 0 Å². The van der Waals surface area contributed by atoms with Crippen LogP contribution in [0, 0.1) is 0 Å². The number of nitrogens with zero attached hydrogens (tertiary/aromatic N) is 3. The van der Waals surface area contributed by atoms with Crippen LogP contribution in [0.25, 0.3) is 0 Å². The molecule has 0 aromatic carbocycles. The van der Waals surface area contributed by atoms with Crippen molar-refractivity contribution in [2.24, 2.45) is 12.8 Å². The molecule has 3 rings (SSSR count). The first kappa shape index (κ1) is 12.1. The van der Waals surface area contributed by atoms with Crippen LogP contribution in [0.5, 0.6) is 0 Å². The van der Waals surface area contributed by atoms with Crippen LogP contribution in [0.1, 0.15) is 30.9 Å². The standard InChI is InChI=1S/C13H22N4O/c1-16-8-10(7-15-16)11(14)9-17-5-6-18-13-4-2-3-12(13)17/h7-8,11-13H,2-6,9,14H2,1H3. The lowest BCUT2D eigenvalue weighted by molar-refractivity contribution is -0.0571. The van der Waals surface area contributed by atoms with Crippen LogP contribution in [0.15, 0.2) is 12.4 Å².